The summed E-state index contributed by atoms with van der Waals surface area (Å²) >= 11 is 11.9. The average Bonchev–Trinajstić information content (AvgIpc) is 3.18. The van der Waals surface area contributed by atoms with E-state index in [0.29, 0.717) is 11.7 Å². The van der Waals surface area contributed by atoms with E-state index in [1.807, 2.05) is 0 Å². The normalized spacial score (nSPS) is 20.0. The van der Waals surface area contributed by atoms with Gasteiger partial charge in [-0.2, -0.15) is 4.31 Å². The van der Waals surface area contributed by atoms with Gasteiger partial charge < -0.3 is 9.73 Å². The van der Waals surface area contributed by atoms with Crippen LogP contribution in [0.1, 0.15) is 38.4 Å². The molecule has 1 aliphatic carbocycles. The number of benzene rings is 1. The number of carbonyl (C=O) groups is 1. The lowest BCUT2D eigenvalue weighted by Crippen LogP contribution is -2.46. The van der Waals surface area contributed by atoms with Gasteiger partial charge in [-0.3, -0.25) is 4.79 Å². The van der Waals surface area contributed by atoms with Crippen LogP contribution >= 0.6 is 23.2 Å². The largest absolute Gasteiger partial charge is 0.468 e. The highest BCUT2D eigenvalue weighted by molar-refractivity contribution is 7.89. The lowest BCUT2D eigenvalue weighted by Gasteiger charge is -2.30. The molecule has 2 atom stereocenters. The van der Waals surface area contributed by atoms with Crippen molar-refractivity contribution in [1.29, 1.82) is 0 Å². The second-order valence-corrected chi connectivity index (χ2v) is 10.1. The Morgan fingerprint density at radius 3 is 2.62 bits per heavy atom. The van der Waals surface area contributed by atoms with Crippen LogP contribution in [0.5, 0.6) is 0 Å². The fourth-order valence-electron chi connectivity index (χ4n) is 3.53. The number of nitrogens with zero attached hydrogens (tertiary/aromatic N) is 1. The molecular formula is C20H24Cl2N2O4S. The number of hydrogen-bond acceptors (Lipinski definition) is 4. The van der Waals surface area contributed by atoms with Gasteiger partial charge in [-0.25, -0.2) is 8.42 Å². The molecule has 3 rings (SSSR count). The Balaban J connectivity index is 1.81. The van der Waals surface area contributed by atoms with Crippen LogP contribution in [0, 0.1) is 5.92 Å². The molecule has 1 fully saturated rings. The van der Waals surface area contributed by atoms with Crippen molar-refractivity contribution < 1.29 is 17.6 Å². The molecule has 158 valence electrons. The summed E-state index contributed by atoms with van der Waals surface area (Å²) in [5.41, 5.74) is 0. The minimum Gasteiger partial charge on any atom is -0.468 e. The zero-order chi connectivity index (χ0) is 21.0. The van der Waals surface area contributed by atoms with Crippen LogP contribution < -0.4 is 5.32 Å². The molecule has 9 heteroatoms. The van der Waals surface area contributed by atoms with Gasteiger partial charge in [0.2, 0.25) is 15.9 Å². The van der Waals surface area contributed by atoms with Crippen LogP contribution in [0.25, 0.3) is 0 Å². The number of furan rings is 1. The standard InChI is InChI=1S/C20H24Cl2N2O4S/c1-14-5-2-3-7-19(14)23-20(25)13-24(12-15-6-4-10-28-15)29(26,27)16-8-9-17(21)18(22)11-16/h4,6,8-11,14,19H,2-3,5,7,12-13H2,1H3,(H,23,25)/t14-,19-/m0/s1. The Kier molecular flexibility index (Phi) is 7.27. The highest BCUT2D eigenvalue weighted by Gasteiger charge is 2.30. The minimum absolute atomic E-state index is 0.0303. The molecule has 0 aliphatic heterocycles. The van der Waals surface area contributed by atoms with E-state index in [4.69, 9.17) is 27.6 Å². The van der Waals surface area contributed by atoms with E-state index >= 15 is 0 Å². The molecular weight excluding hydrogens is 435 g/mol. The molecule has 1 aromatic carbocycles. The second kappa shape index (κ2) is 9.51. The summed E-state index contributed by atoms with van der Waals surface area (Å²) in [7, 11) is -4.00. The molecule has 29 heavy (non-hydrogen) atoms. The van der Waals surface area contributed by atoms with Crippen molar-refractivity contribution in [2.75, 3.05) is 6.54 Å². The first-order chi connectivity index (χ1) is 13.8. The van der Waals surface area contributed by atoms with Gasteiger partial charge in [0.05, 0.1) is 34.3 Å². The molecule has 0 radical (unpaired) electrons. The molecule has 2 aromatic rings. The molecule has 0 saturated heterocycles. The predicted molar refractivity (Wildman–Crippen MR) is 112 cm³/mol. The number of amides is 1. The Labute approximate surface area is 181 Å². The lowest BCUT2D eigenvalue weighted by molar-refractivity contribution is -0.122. The summed E-state index contributed by atoms with van der Waals surface area (Å²) in [5, 5.41) is 3.39. The first kappa shape index (κ1) is 22.2. The Morgan fingerprint density at radius 2 is 1.97 bits per heavy atom. The van der Waals surface area contributed by atoms with Crippen LogP contribution in [0.15, 0.2) is 45.9 Å². The predicted octanol–water partition coefficient (Wildman–Crippen LogP) is 4.47. The number of nitrogens with one attached hydrogen (secondary N) is 1. The van der Waals surface area contributed by atoms with Crippen LogP contribution in [0.3, 0.4) is 0 Å². The molecule has 0 spiro atoms. The van der Waals surface area contributed by atoms with Crippen molar-refractivity contribution in [3.05, 3.63) is 52.4 Å². The van der Waals surface area contributed by atoms with Gasteiger partial charge in [0.1, 0.15) is 5.76 Å². The summed E-state index contributed by atoms with van der Waals surface area (Å²) in [6.45, 7) is 1.73. The molecule has 1 amide bonds. The Hall–Kier alpha value is -1.54. The Bertz CT molecular complexity index is 947. The topological polar surface area (TPSA) is 79.6 Å². The van der Waals surface area contributed by atoms with Gasteiger partial charge in [-0.1, -0.05) is 43.0 Å². The number of hydrogen-bond donors (Lipinski definition) is 1. The maximum atomic E-state index is 13.2. The zero-order valence-corrected chi connectivity index (χ0v) is 18.4. The monoisotopic (exact) mass is 458 g/mol. The highest BCUT2D eigenvalue weighted by Crippen LogP contribution is 2.28. The van der Waals surface area contributed by atoms with Gasteiger partial charge in [-0.15, -0.1) is 0 Å². The van der Waals surface area contributed by atoms with E-state index in [0.717, 1.165) is 30.0 Å². The maximum Gasteiger partial charge on any atom is 0.244 e. The van der Waals surface area contributed by atoms with Gasteiger partial charge in [0, 0.05) is 6.04 Å². The molecule has 1 N–H and O–H groups in total. The molecule has 0 unspecified atom stereocenters. The van der Waals surface area contributed by atoms with Gasteiger partial charge >= 0.3 is 0 Å². The van der Waals surface area contributed by atoms with E-state index in [2.05, 4.69) is 12.2 Å². The first-order valence-electron chi connectivity index (χ1n) is 9.54. The van der Waals surface area contributed by atoms with Crippen molar-refractivity contribution in [2.45, 2.75) is 50.1 Å². The fourth-order valence-corrected chi connectivity index (χ4v) is 5.28. The van der Waals surface area contributed by atoms with Gasteiger partial charge in [0.15, 0.2) is 0 Å². The molecule has 6 nitrogen and oxygen atoms in total. The summed E-state index contributed by atoms with van der Waals surface area (Å²) in [6, 6.07) is 7.48. The van der Waals surface area contributed by atoms with Crippen molar-refractivity contribution >= 4 is 39.1 Å². The molecule has 1 aromatic heterocycles. The first-order valence-corrected chi connectivity index (χ1v) is 11.7. The molecule has 1 heterocycles. The number of rotatable bonds is 7. The van der Waals surface area contributed by atoms with Crippen LogP contribution in [0.2, 0.25) is 10.0 Å². The van der Waals surface area contributed by atoms with E-state index < -0.39 is 10.0 Å². The SMILES string of the molecule is C[C@H]1CCCC[C@@H]1NC(=O)CN(Cc1ccco1)S(=O)(=O)c1ccc(Cl)c(Cl)c1. The third-order valence-corrected chi connectivity index (χ3v) is 7.75. The highest BCUT2D eigenvalue weighted by atomic mass is 35.5. The summed E-state index contributed by atoms with van der Waals surface area (Å²) in [5.74, 6) is 0.476. The quantitative estimate of drug-likeness (QED) is 0.663. The van der Waals surface area contributed by atoms with Crippen molar-refractivity contribution in [2.24, 2.45) is 5.92 Å². The van der Waals surface area contributed by atoms with Crippen LogP contribution in [-0.2, 0) is 21.4 Å². The maximum absolute atomic E-state index is 13.2. The van der Waals surface area contributed by atoms with E-state index in [1.54, 1.807) is 12.1 Å². The van der Waals surface area contributed by atoms with E-state index in [1.165, 1.54) is 24.5 Å². The van der Waals surface area contributed by atoms with Crippen LogP contribution in [0.4, 0.5) is 0 Å². The number of sulfonamides is 1. The van der Waals surface area contributed by atoms with Gasteiger partial charge in [-0.05, 0) is 49.1 Å². The van der Waals surface area contributed by atoms with Crippen LogP contribution in [-0.4, -0.2) is 31.2 Å². The number of halogens is 2. The number of carbonyl (C=O) groups excluding carboxylic acids is 1. The zero-order valence-electron chi connectivity index (χ0n) is 16.1. The summed E-state index contributed by atoms with van der Waals surface area (Å²) < 4.78 is 32.8. The second-order valence-electron chi connectivity index (χ2n) is 7.36. The van der Waals surface area contributed by atoms with Crippen molar-refractivity contribution in [1.82, 2.24) is 9.62 Å². The van der Waals surface area contributed by atoms with E-state index in [-0.39, 0.29) is 40.0 Å². The third-order valence-electron chi connectivity index (χ3n) is 5.22. The average molecular weight is 459 g/mol. The summed E-state index contributed by atoms with van der Waals surface area (Å²) in [6.07, 6.45) is 5.65. The smallest absolute Gasteiger partial charge is 0.244 e. The minimum atomic E-state index is -4.00. The molecule has 1 aliphatic rings. The van der Waals surface area contributed by atoms with Crippen molar-refractivity contribution in [3.63, 3.8) is 0 Å². The van der Waals surface area contributed by atoms with Crippen molar-refractivity contribution in [3.8, 4) is 0 Å². The molecule has 0 bridgehead atoms. The fraction of sp³-hybridized carbons (Fsp3) is 0.450. The third kappa shape index (κ3) is 5.54. The van der Waals surface area contributed by atoms with Gasteiger partial charge in [0.25, 0.3) is 0 Å². The summed E-state index contributed by atoms with van der Waals surface area (Å²) in [4.78, 5) is 12.7. The van der Waals surface area contributed by atoms with E-state index in [9.17, 15) is 13.2 Å². The molecule has 1 saturated carbocycles. The Morgan fingerprint density at radius 1 is 1.21 bits per heavy atom. The lowest BCUT2D eigenvalue weighted by atomic mass is 9.86.